The zero-order valence-corrected chi connectivity index (χ0v) is 12.2. The van der Waals surface area contributed by atoms with Gasteiger partial charge in [0.1, 0.15) is 18.0 Å². The molecule has 0 spiro atoms. The van der Waals surface area contributed by atoms with Crippen LogP contribution in [0.2, 0.25) is 0 Å². The van der Waals surface area contributed by atoms with E-state index in [-0.39, 0.29) is 11.8 Å². The van der Waals surface area contributed by atoms with Crippen LogP contribution in [-0.4, -0.2) is 27.7 Å². The van der Waals surface area contributed by atoms with Gasteiger partial charge in [0.2, 0.25) is 11.8 Å². The number of fused-ring (bicyclic) bond motifs is 3. The van der Waals surface area contributed by atoms with E-state index in [0.717, 1.165) is 22.6 Å². The number of rotatable bonds is 2. The number of nitrogens with one attached hydrogen (secondary N) is 1. The molecule has 0 bridgehead atoms. The zero-order valence-electron chi connectivity index (χ0n) is 12.2. The smallest absolute Gasteiger partial charge is 0.249 e. The third-order valence-electron chi connectivity index (χ3n) is 4.24. The molecule has 114 valence electrons. The third-order valence-corrected chi connectivity index (χ3v) is 4.24. The number of carbonyl (C=O) groups is 3. The van der Waals surface area contributed by atoms with Gasteiger partial charge in [0, 0.05) is 29.0 Å². The van der Waals surface area contributed by atoms with Crippen LogP contribution in [0.1, 0.15) is 29.2 Å². The number of carbonyl (C=O) groups excluding carboxylic acids is 3. The predicted octanol–water partition coefficient (Wildman–Crippen LogP) is 1.98. The van der Waals surface area contributed by atoms with Gasteiger partial charge in [-0.2, -0.15) is 0 Å². The topological polar surface area (TPSA) is 81.1 Å². The average Bonchev–Trinajstić information content (AvgIpc) is 2.89. The number of imide groups is 1. The van der Waals surface area contributed by atoms with E-state index in [2.05, 4.69) is 10.3 Å². The Balaban J connectivity index is 2.02. The Kier molecular flexibility index (Phi) is 2.97. The van der Waals surface area contributed by atoms with Crippen LogP contribution in [-0.2, 0) is 9.59 Å². The van der Waals surface area contributed by atoms with Gasteiger partial charge in [0.25, 0.3) is 0 Å². The molecule has 6 heteroatoms. The number of hydrogen-bond donors (Lipinski definition) is 1. The van der Waals surface area contributed by atoms with Gasteiger partial charge in [0.05, 0.1) is 5.52 Å². The molecule has 4 rings (SSSR count). The van der Waals surface area contributed by atoms with E-state index in [1.54, 1.807) is 18.3 Å². The van der Waals surface area contributed by atoms with Crippen molar-refractivity contribution < 1.29 is 14.4 Å². The SMILES string of the molecule is O=Cc1ccc2c(c1)c1cccnc1n2C1CCC(=O)NC1=O. The van der Waals surface area contributed by atoms with Crippen LogP contribution in [0.25, 0.3) is 21.9 Å². The van der Waals surface area contributed by atoms with E-state index >= 15 is 0 Å². The fourth-order valence-electron chi connectivity index (χ4n) is 3.21. The van der Waals surface area contributed by atoms with Crippen LogP contribution in [0.3, 0.4) is 0 Å². The van der Waals surface area contributed by atoms with E-state index in [1.807, 2.05) is 22.8 Å². The standard InChI is InChI=1S/C17H13N3O3/c21-9-10-3-4-13-12(8-10)11-2-1-7-18-16(11)20(13)14-5-6-15(22)19-17(14)23/h1-4,7-9,14H,5-6H2,(H,19,22,23). The van der Waals surface area contributed by atoms with Crippen LogP contribution < -0.4 is 5.32 Å². The van der Waals surface area contributed by atoms with E-state index in [1.165, 1.54) is 0 Å². The monoisotopic (exact) mass is 307 g/mol. The van der Waals surface area contributed by atoms with Crippen LogP contribution in [0.4, 0.5) is 0 Å². The van der Waals surface area contributed by atoms with Crippen LogP contribution in [0, 0.1) is 0 Å². The summed E-state index contributed by atoms with van der Waals surface area (Å²) < 4.78 is 1.86. The molecule has 1 N–H and O–H groups in total. The number of hydrogen-bond acceptors (Lipinski definition) is 4. The number of benzene rings is 1. The minimum absolute atomic E-state index is 0.247. The van der Waals surface area contributed by atoms with Crippen LogP contribution in [0.5, 0.6) is 0 Å². The minimum Gasteiger partial charge on any atom is -0.313 e. The van der Waals surface area contributed by atoms with Crippen molar-refractivity contribution in [2.75, 3.05) is 0 Å². The summed E-state index contributed by atoms with van der Waals surface area (Å²) in [6.45, 7) is 0. The molecule has 1 aromatic carbocycles. The maximum Gasteiger partial charge on any atom is 0.249 e. The van der Waals surface area contributed by atoms with Gasteiger partial charge in [-0.3, -0.25) is 19.7 Å². The van der Waals surface area contributed by atoms with E-state index < -0.39 is 6.04 Å². The number of pyridine rings is 1. The third kappa shape index (κ3) is 2.03. The highest BCUT2D eigenvalue weighted by Crippen LogP contribution is 2.33. The summed E-state index contributed by atoms with van der Waals surface area (Å²) in [6, 6.07) is 8.60. The number of aldehydes is 1. The Hall–Kier alpha value is -3.02. The summed E-state index contributed by atoms with van der Waals surface area (Å²) in [5.41, 5.74) is 2.09. The first-order chi connectivity index (χ1) is 11.2. The van der Waals surface area contributed by atoms with E-state index in [0.29, 0.717) is 24.1 Å². The molecular weight excluding hydrogens is 294 g/mol. The molecule has 1 aliphatic heterocycles. The molecule has 0 aliphatic carbocycles. The molecule has 23 heavy (non-hydrogen) atoms. The molecule has 3 aromatic rings. The fourth-order valence-corrected chi connectivity index (χ4v) is 3.21. The first-order valence-corrected chi connectivity index (χ1v) is 7.36. The molecule has 0 saturated carbocycles. The summed E-state index contributed by atoms with van der Waals surface area (Å²) in [7, 11) is 0. The summed E-state index contributed by atoms with van der Waals surface area (Å²) in [6.07, 6.45) is 3.21. The quantitative estimate of drug-likeness (QED) is 0.580. The maximum atomic E-state index is 12.3. The number of aromatic nitrogens is 2. The first-order valence-electron chi connectivity index (χ1n) is 7.36. The lowest BCUT2D eigenvalue weighted by molar-refractivity contribution is -0.135. The lowest BCUT2D eigenvalue weighted by atomic mass is 10.1. The summed E-state index contributed by atoms with van der Waals surface area (Å²) in [5, 5.41) is 4.15. The Morgan fingerprint density at radius 1 is 1.22 bits per heavy atom. The van der Waals surface area contributed by atoms with Gasteiger partial charge in [-0.05, 0) is 36.8 Å². The van der Waals surface area contributed by atoms with Crippen molar-refractivity contribution in [1.82, 2.24) is 14.9 Å². The number of nitrogens with zero attached hydrogens (tertiary/aromatic N) is 2. The maximum absolute atomic E-state index is 12.3. The molecule has 1 unspecified atom stereocenters. The van der Waals surface area contributed by atoms with Crippen LogP contribution in [0.15, 0.2) is 36.5 Å². The van der Waals surface area contributed by atoms with Crippen molar-refractivity contribution in [3.8, 4) is 0 Å². The second-order valence-electron chi connectivity index (χ2n) is 5.61. The highest BCUT2D eigenvalue weighted by atomic mass is 16.2. The van der Waals surface area contributed by atoms with Gasteiger partial charge in [-0.25, -0.2) is 4.98 Å². The molecule has 3 heterocycles. The molecule has 1 atom stereocenters. The molecule has 2 aromatic heterocycles. The van der Waals surface area contributed by atoms with E-state index in [4.69, 9.17) is 0 Å². The number of piperidine rings is 1. The molecule has 1 aliphatic rings. The summed E-state index contributed by atoms with van der Waals surface area (Å²) >= 11 is 0. The fraction of sp³-hybridized carbons (Fsp3) is 0.176. The van der Waals surface area contributed by atoms with Crippen molar-refractivity contribution in [2.24, 2.45) is 0 Å². The largest absolute Gasteiger partial charge is 0.313 e. The Morgan fingerprint density at radius 2 is 2.09 bits per heavy atom. The Bertz CT molecular complexity index is 974. The van der Waals surface area contributed by atoms with Gasteiger partial charge in [-0.1, -0.05) is 0 Å². The van der Waals surface area contributed by atoms with Crippen molar-refractivity contribution in [3.05, 3.63) is 42.1 Å². The summed E-state index contributed by atoms with van der Waals surface area (Å²) in [4.78, 5) is 39.2. The molecule has 6 nitrogen and oxygen atoms in total. The lowest BCUT2D eigenvalue weighted by Gasteiger charge is -2.23. The predicted molar refractivity (Wildman–Crippen MR) is 84.0 cm³/mol. The summed E-state index contributed by atoms with van der Waals surface area (Å²) in [5.74, 6) is -0.562. The van der Waals surface area contributed by atoms with Crippen LogP contribution >= 0.6 is 0 Å². The normalized spacial score (nSPS) is 18.3. The van der Waals surface area contributed by atoms with Crippen molar-refractivity contribution in [2.45, 2.75) is 18.9 Å². The molecular formula is C17H13N3O3. The lowest BCUT2D eigenvalue weighted by Crippen LogP contribution is -2.41. The second-order valence-corrected chi connectivity index (χ2v) is 5.61. The molecule has 1 fully saturated rings. The van der Waals surface area contributed by atoms with Gasteiger partial charge in [0.15, 0.2) is 0 Å². The zero-order chi connectivity index (χ0) is 16.0. The van der Waals surface area contributed by atoms with E-state index in [9.17, 15) is 14.4 Å². The number of amides is 2. The van der Waals surface area contributed by atoms with Gasteiger partial charge >= 0.3 is 0 Å². The molecule has 0 radical (unpaired) electrons. The highest BCUT2D eigenvalue weighted by molar-refractivity contribution is 6.10. The second kappa shape index (κ2) is 5.01. The minimum atomic E-state index is -0.482. The van der Waals surface area contributed by atoms with Crippen molar-refractivity contribution in [3.63, 3.8) is 0 Å². The Morgan fingerprint density at radius 3 is 2.87 bits per heavy atom. The molecule has 1 saturated heterocycles. The van der Waals surface area contributed by atoms with Gasteiger partial charge < -0.3 is 4.57 Å². The van der Waals surface area contributed by atoms with Crippen molar-refractivity contribution >= 4 is 40.0 Å². The van der Waals surface area contributed by atoms with Crippen molar-refractivity contribution in [1.29, 1.82) is 0 Å². The average molecular weight is 307 g/mol. The highest BCUT2D eigenvalue weighted by Gasteiger charge is 2.30. The molecule has 2 amide bonds. The van der Waals surface area contributed by atoms with Gasteiger partial charge in [-0.15, -0.1) is 0 Å². The Labute approximate surface area is 131 Å². The first kappa shape index (κ1) is 13.6.